The van der Waals surface area contributed by atoms with E-state index in [1.54, 1.807) is 54.6 Å². The molecular formula is C27H25N3O6. The van der Waals surface area contributed by atoms with Crippen molar-refractivity contribution in [2.75, 3.05) is 25.6 Å². The average Bonchev–Trinajstić information content (AvgIpc) is 3.32. The number of carbonyl (C=O) groups excluding carboxylic acids is 2. The van der Waals surface area contributed by atoms with E-state index in [-0.39, 0.29) is 18.3 Å². The molecule has 9 heteroatoms. The lowest BCUT2D eigenvalue weighted by molar-refractivity contribution is -0.118. The summed E-state index contributed by atoms with van der Waals surface area (Å²) in [6.07, 6.45) is 1.40. The number of hydrogen-bond donors (Lipinski definition) is 2. The van der Waals surface area contributed by atoms with Gasteiger partial charge in [-0.1, -0.05) is 24.3 Å². The summed E-state index contributed by atoms with van der Waals surface area (Å²) in [6, 6.07) is 21.2. The standard InChI is InChI=1S/C27H25N3O6/c1-3-34-21-12-13-22-19(14-21)15-24(36-22)27(32)30-28-16-18-8-7-11-23(33-2)26(18)35-17-25(31)29-20-9-5-4-6-10-20/h4-16H,3,17H2,1-2H3,(H,29,31)(H,30,32)/b28-16+. The van der Waals surface area contributed by atoms with Crippen LogP contribution in [0.3, 0.4) is 0 Å². The van der Waals surface area contributed by atoms with E-state index in [4.69, 9.17) is 18.6 Å². The van der Waals surface area contributed by atoms with Gasteiger partial charge in [0.25, 0.3) is 5.91 Å². The van der Waals surface area contributed by atoms with Gasteiger partial charge in [0.1, 0.15) is 11.3 Å². The van der Waals surface area contributed by atoms with Gasteiger partial charge >= 0.3 is 5.91 Å². The zero-order valence-electron chi connectivity index (χ0n) is 19.8. The van der Waals surface area contributed by atoms with Crippen molar-refractivity contribution >= 4 is 34.7 Å². The van der Waals surface area contributed by atoms with Crippen LogP contribution in [0.25, 0.3) is 11.0 Å². The molecule has 0 bridgehead atoms. The molecule has 0 aliphatic heterocycles. The maximum absolute atomic E-state index is 12.6. The van der Waals surface area contributed by atoms with Crippen LogP contribution in [0.1, 0.15) is 23.0 Å². The van der Waals surface area contributed by atoms with E-state index in [0.717, 1.165) is 5.39 Å². The van der Waals surface area contributed by atoms with Crippen molar-refractivity contribution in [2.24, 2.45) is 5.10 Å². The number of benzene rings is 3. The fourth-order valence-electron chi connectivity index (χ4n) is 3.41. The quantitative estimate of drug-likeness (QED) is 0.249. The van der Waals surface area contributed by atoms with Crippen LogP contribution in [0, 0.1) is 0 Å². The molecule has 2 amide bonds. The molecular weight excluding hydrogens is 462 g/mol. The smallest absolute Gasteiger partial charge is 0.307 e. The SMILES string of the molecule is CCOc1ccc2oc(C(=O)N/N=C/c3cccc(OC)c3OCC(=O)Nc3ccccc3)cc2c1. The van der Waals surface area contributed by atoms with Crippen molar-refractivity contribution in [2.45, 2.75) is 6.92 Å². The van der Waals surface area contributed by atoms with Crippen LogP contribution in [0.15, 0.2) is 82.3 Å². The number of fused-ring (bicyclic) bond motifs is 1. The molecule has 4 rings (SSSR count). The van der Waals surface area contributed by atoms with Gasteiger partial charge in [0, 0.05) is 16.6 Å². The molecule has 1 aromatic heterocycles. The molecule has 0 aliphatic rings. The normalized spacial score (nSPS) is 10.8. The third-order valence-corrected chi connectivity index (χ3v) is 5.03. The van der Waals surface area contributed by atoms with E-state index in [2.05, 4.69) is 15.8 Å². The van der Waals surface area contributed by atoms with E-state index in [9.17, 15) is 9.59 Å². The van der Waals surface area contributed by atoms with Crippen molar-refractivity contribution in [1.29, 1.82) is 0 Å². The average molecular weight is 488 g/mol. The molecule has 4 aromatic rings. The second-order valence-corrected chi connectivity index (χ2v) is 7.52. The van der Waals surface area contributed by atoms with Gasteiger partial charge in [-0.05, 0) is 55.5 Å². The van der Waals surface area contributed by atoms with E-state index >= 15 is 0 Å². The number of furan rings is 1. The van der Waals surface area contributed by atoms with Crippen molar-refractivity contribution in [3.8, 4) is 17.2 Å². The second-order valence-electron chi connectivity index (χ2n) is 7.52. The highest BCUT2D eigenvalue weighted by Crippen LogP contribution is 2.30. The number of methoxy groups -OCH3 is 1. The minimum absolute atomic E-state index is 0.107. The monoisotopic (exact) mass is 487 g/mol. The number of anilines is 1. The minimum atomic E-state index is -0.520. The Labute approximate surface area is 207 Å². The number of hydrazone groups is 1. The Kier molecular flexibility index (Phi) is 7.82. The topological polar surface area (TPSA) is 111 Å². The van der Waals surface area contributed by atoms with E-state index in [1.165, 1.54) is 13.3 Å². The molecule has 184 valence electrons. The summed E-state index contributed by atoms with van der Waals surface area (Å²) >= 11 is 0. The Balaban J connectivity index is 1.42. The number of rotatable bonds is 10. The Bertz CT molecular complexity index is 1380. The van der Waals surface area contributed by atoms with Gasteiger partial charge in [0.15, 0.2) is 23.9 Å². The number of nitrogens with zero attached hydrogens (tertiary/aromatic N) is 1. The first-order valence-corrected chi connectivity index (χ1v) is 11.2. The fourth-order valence-corrected chi connectivity index (χ4v) is 3.41. The van der Waals surface area contributed by atoms with Gasteiger partial charge in [0.2, 0.25) is 0 Å². The lowest BCUT2D eigenvalue weighted by atomic mass is 10.2. The number of amides is 2. The zero-order valence-corrected chi connectivity index (χ0v) is 19.8. The van der Waals surface area contributed by atoms with Crippen LogP contribution in [-0.2, 0) is 4.79 Å². The Morgan fingerprint density at radius 2 is 1.83 bits per heavy atom. The Morgan fingerprint density at radius 3 is 2.61 bits per heavy atom. The van der Waals surface area contributed by atoms with Gasteiger partial charge in [-0.25, -0.2) is 5.43 Å². The number of hydrogen-bond acceptors (Lipinski definition) is 7. The lowest BCUT2D eigenvalue weighted by Crippen LogP contribution is -2.21. The van der Waals surface area contributed by atoms with Crippen LogP contribution in [0.4, 0.5) is 5.69 Å². The Morgan fingerprint density at radius 1 is 1.00 bits per heavy atom. The molecule has 3 aromatic carbocycles. The van der Waals surface area contributed by atoms with Crippen LogP contribution in [-0.4, -0.2) is 38.4 Å². The molecule has 0 unspecified atom stereocenters. The second kappa shape index (κ2) is 11.6. The number of ether oxygens (including phenoxy) is 3. The minimum Gasteiger partial charge on any atom is -0.494 e. The summed E-state index contributed by atoms with van der Waals surface area (Å²) in [7, 11) is 1.49. The van der Waals surface area contributed by atoms with E-state index in [0.29, 0.717) is 40.7 Å². The third-order valence-electron chi connectivity index (χ3n) is 5.03. The fraction of sp³-hybridized carbons (Fsp3) is 0.148. The highest BCUT2D eigenvalue weighted by Gasteiger charge is 2.14. The first kappa shape index (κ1) is 24.3. The molecule has 9 nitrogen and oxygen atoms in total. The van der Waals surface area contributed by atoms with Gasteiger partial charge in [-0.15, -0.1) is 0 Å². The zero-order chi connectivity index (χ0) is 25.3. The largest absolute Gasteiger partial charge is 0.494 e. The van der Waals surface area contributed by atoms with E-state index in [1.807, 2.05) is 25.1 Å². The van der Waals surface area contributed by atoms with Crippen LogP contribution >= 0.6 is 0 Å². The molecule has 0 fully saturated rings. The summed E-state index contributed by atoms with van der Waals surface area (Å²) in [5.74, 6) is 0.677. The molecule has 0 saturated carbocycles. The maximum Gasteiger partial charge on any atom is 0.307 e. The summed E-state index contributed by atoms with van der Waals surface area (Å²) in [4.78, 5) is 24.9. The maximum atomic E-state index is 12.6. The summed E-state index contributed by atoms with van der Waals surface area (Å²) in [6.45, 7) is 2.19. The predicted molar refractivity (Wildman–Crippen MR) is 136 cm³/mol. The van der Waals surface area contributed by atoms with Crippen molar-refractivity contribution < 1.29 is 28.2 Å². The molecule has 0 saturated heterocycles. The van der Waals surface area contributed by atoms with E-state index < -0.39 is 5.91 Å². The van der Waals surface area contributed by atoms with Crippen LogP contribution < -0.4 is 25.0 Å². The predicted octanol–water partition coefficient (Wildman–Crippen LogP) is 4.62. The molecule has 0 aliphatic carbocycles. The van der Waals surface area contributed by atoms with Crippen molar-refractivity contribution in [3.63, 3.8) is 0 Å². The molecule has 0 radical (unpaired) electrons. The highest BCUT2D eigenvalue weighted by atomic mass is 16.5. The number of carbonyl (C=O) groups is 2. The Hall–Kier alpha value is -4.79. The van der Waals surface area contributed by atoms with Gasteiger partial charge in [-0.3, -0.25) is 9.59 Å². The molecule has 1 heterocycles. The summed E-state index contributed by atoms with van der Waals surface area (Å²) < 4.78 is 22.2. The lowest BCUT2D eigenvalue weighted by Gasteiger charge is -2.13. The van der Waals surface area contributed by atoms with Crippen LogP contribution in [0.2, 0.25) is 0 Å². The summed E-state index contributed by atoms with van der Waals surface area (Å²) in [5, 5.41) is 7.52. The van der Waals surface area contributed by atoms with Crippen molar-refractivity contribution in [1.82, 2.24) is 5.43 Å². The number of nitrogens with one attached hydrogen (secondary N) is 2. The first-order chi connectivity index (χ1) is 17.6. The number of para-hydroxylation sites is 2. The molecule has 0 atom stereocenters. The summed E-state index contributed by atoms with van der Waals surface area (Å²) in [5.41, 5.74) is 4.17. The van der Waals surface area contributed by atoms with Crippen LogP contribution in [0.5, 0.6) is 17.2 Å². The highest BCUT2D eigenvalue weighted by molar-refractivity contribution is 5.97. The van der Waals surface area contributed by atoms with Gasteiger partial charge in [-0.2, -0.15) is 5.10 Å². The molecule has 0 spiro atoms. The van der Waals surface area contributed by atoms with Gasteiger partial charge < -0.3 is 23.9 Å². The molecule has 36 heavy (non-hydrogen) atoms. The first-order valence-electron chi connectivity index (χ1n) is 11.2. The molecule has 2 N–H and O–H groups in total. The van der Waals surface area contributed by atoms with Gasteiger partial charge in [0.05, 0.1) is 19.9 Å². The third kappa shape index (κ3) is 6.01. The van der Waals surface area contributed by atoms with Crippen molar-refractivity contribution in [3.05, 3.63) is 84.1 Å².